The number of aromatic nitrogens is 2. The van der Waals surface area contributed by atoms with Gasteiger partial charge in [-0.2, -0.15) is 5.26 Å². The number of carbonyl (C=O) groups is 1. The second-order valence-corrected chi connectivity index (χ2v) is 4.27. The average molecular weight is 293 g/mol. The quantitative estimate of drug-likeness (QED) is 0.882. The second kappa shape index (κ2) is 5.65. The standard InChI is InChI=1S/C12H6Cl2N4O/c13-9-3-7(1-2-8(9)5-15)10-4-11(16-6-19)12(14)18-17-10/h1-4,6H,(H,16,17,19). The summed E-state index contributed by atoms with van der Waals surface area (Å²) >= 11 is 11.7. The first kappa shape index (κ1) is 13.3. The highest BCUT2D eigenvalue weighted by atomic mass is 35.5. The van der Waals surface area contributed by atoms with Crippen molar-refractivity contribution in [2.24, 2.45) is 0 Å². The number of hydrogen-bond donors (Lipinski definition) is 1. The largest absolute Gasteiger partial charge is 0.326 e. The number of anilines is 1. The van der Waals surface area contributed by atoms with Gasteiger partial charge in [-0.3, -0.25) is 4.79 Å². The number of rotatable bonds is 3. The zero-order chi connectivity index (χ0) is 13.8. The third-order valence-corrected chi connectivity index (χ3v) is 2.94. The Hall–Kier alpha value is -2.16. The van der Waals surface area contributed by atoms with Crippen LogP contribution in [0.3, 0.4) is 0 Å². The van der Waals surface area contributed by atoms with Gasteiger partial charge in [-0.1, -0.05) is 29.3 Å². The van der Waals surface area contributed by atoms with Gasteiger partial charge < -0.3 is 5.32 Å². The van der Waals surface area contributed by atoms with E-state index in [0.717, 1.165) is 0 Å². The van der Waals surface area contributed by atoms with E-state index in [1.165, 1.54) is 0 Å². The summed E-state index contributed by atoms with van der Waals surface area (Å²) in [7, 11) is 0. The van der Waals surface area contributed by atoms with Gasteiger partial charge in [0, 0.05) is 5.56 Å². The molecule has 0 aliphatic rings. The third-order valence-electron chi connectivity index (χ3n) is 2.35. The highest BCUT2D eigenvalue weighted by Gasteiger charge is 2.08. The first-order chi connectivity index (χ1) is 9.15. The summed E-state index contributed by atoms with van der Waals surface area (Å²) in [5.74, 6) is 0. The molecule has 0 saturated carbocycles. The van der Waals surface area contributed by atoms with Crippen molar-refractivity contribution in [3.63, 3.8) is 0 Å². The Morgan fingerprint density at radius 2 is 2.05 bits per heavy atom. The molecule has 94 valence electrons. The molecule has 2 rings (SSSR count). The van der Waals surface area contributed by atoms with Gasteiger partial charge in [-0.25, -0.2) is 0 Å². The summed E-state index contributed by atoms with van der Waals surface area (Å²) in [6.07, 6.45) is 0.498. The van der Waals surface area contributed by atoms with Gasteiger partial charge in [-0.15, -0.1) is 10.2 Å². The number of nitrogens with one attached hydrogen (secondary N) is 1. The van der Waals surface area contributed by atoms with Gasteiger partial charge in [0.2, 0.25) is 6.41 Å². The lowest BCUT2D eigenvalue weighted by atomic mass is 10.1. The van der Waals surface area contributed by atoms with Crippen molar-refractivity contribution < 1.29 is 4.79 Å². The van der Waals surface area contributed by atoms with E-state index >= 15 is 0 Å². The van der Waals surface area contributed by atoms with Crippen molar-refractivity contribution in [3.8, 4) is 17.3 Å². The van der Waals surface area contributed by atoms with E-state index in [9.17, 15) is 4.79 Å². The summed E-state index contributed by atoms with van der Waals surface area (Å²) in [5, 5.41) is 19.3. The van der Waals surface area contributed by atoms with Crippen LogP contribution in [0.15, 0.2) is 24.3 Å². The van der Waals surface area contributed by atoms with E-state index in [-0.39, 0.29) is 5.15 Å². The summed E-state index contributed by atoms with van der Waals surface area (Å²) in [4.78, 5) is 10.4. The maximum atomic E-state index is 10.4. The van der Waals surface area contributed by atoms with Crippen LogP contribution < -0.4 is 5.32 Å². The first-order valence-corrected chi connectivity index (χ1v) is 5.84. The molecule has 1 N–H and O–H groups in total. The van der Waals surface area contributed by atoms with Gasteiger partial charge in [0.1, 0.15) is 6.07 Å². The molecule has 7 heteroatoms. The molecule has 0 aliphatic heterocycles. The van der Waals surface area contributed by atoms with Gasteiger partial charge in [0.05, 0.1) is 22.0 Å². The Morgan fingerprint density at radius 1 is 1.26 bits per heavy atom. The zero-order valence-corrected chi connectivity index (χ0v) is 10.9. The van der Waals surface area contributed by atoms with Crippen LogP contribution in [-0.2, 0) is 4.79 Å². The fourth-order valence-corrected chi connectivity index (χ4v) is 1.82. The molecule has 0 unspecified atom stereocenters. The minimum absolute atomic E-state index is 0.0931. The molecule has 5 nitrogen and oxygen atoms in total. The number of nitriles is 1. The van der Waals surface area contributed by atoms with Crippen molar-refractivity contribution in [2.75, 3.05) is 5.32 Å². The van der Waals surface area contributed by atoms with E-state index in [1.807, 2.05) is 6.07 Å². The number of carbonyl (C=O) groups excluding carboxylic acids is 1. The molecule has 0 fully saturated rings. The number of halogens is 2. The smallest absolute Gasteiger partial charge is 0.211 e. The lowest BCUT2D eigenvalue weighted by molar-refractivity contribution is -0.105. The molecule has 0 spiro atoms. The van der Waals surface area contributed by atoms with Crippen LogP contribution in [0.25, 0.3) is 11.3 Å². The molecule has 1 aromatic heterocycles. The van der Waals surface area contributed by atoms with Crippen LogP contribution in [-0.4, -0.2) is 16.6 Å². The van der Waals surface area contributed by atoms with Crippen molar-refractivity contribution in [1.29, 1.82) is 5.26 Å². The number of hydrogen-bond acceptors (Lipinski definition) is 4. The second-order valence-electron chi connectivity index (χ2n) is 3.50. The van der Waals surface area contributed by atoms with Crippen LogP contribution in [0.5, 0.6) is 0 Å². The average Bonchev–Trinajstić information content (AvgIpc) is 2.41. The van der Waals surface area contributed by atoms with Crippen molar-refractivity contribution in [1.82, 2.24) is 10.2 Å². The summed E-state index contributed by atoms with van der Waals surface area (Å²) < 4.78 is 0. The topological polar surface area (TPSA) is 78.7 Å². The van der Waals surface area contributed by atoms with Gasteiger partial charge in [-0.05, 0) is 18.2 Å². The molecule has 0 radical (unpaired) electrons. The fraction of sp³-hybridized carbons (Fsp3) is 0. The highest BCUT2D eigenvalue weighted by molar-refractivity contribution is 6.32. The molecule has 2 aromatic rings. The van der Waals surface area contributed by atoms with Crippen molar-refractivity contribution in [2.45, 2.75) is 0 Å². The normalized spacial score (nSPS) is 9.74. The van der Waals surface area contributed by atoms with Gasteiger partial charge in [0.15, 0.2) is 5.15 Å². The maximum absolute atomic E-state index is 10.4. The zero-order valence-electron chi connectivity index (χ0n) is 9.39. The Kier molecular flexibility index (Phi) is 3.95. The summed E-state index contributed by atoms with van der Waals surface area (Å²) in [5.41, 5.74) is 1.88. The van der Waals surface area contributed by atoms with E-state index in [1.54, 1.807) is 24.3 Å². The predicted molar refractivity (Wildman–Crippen MR) is 71.9 cm³/mol. The molecule has 19 heavy (non-hydrogen) atoms. The fourth-order valence-electron chi connectivity index (χ4n) is 1.45. The van der Waals surface area contributed by atoms with E-state index in [4.69, 9.17) is 28.5 Å². The minimum atomic E-state index is 0.0931. The highest BCUT2D eigenvalue weighted by Crippen LogP contribution is 2.27. The van der Waals surface area contributed by atoms with E-state index < -0.39 is 0 Å². The molecule has 1 amide bonds. The molecular weight excluding hydrogens is 287 g/mol. The van der Waals surface area contributed by atoms with Crippen LogP contribution in [0, 0.1) is 11.3 Å². The molecule has 0 saturated heterocycles. The predicted octanol–water partition coefficient (Wildman–Crippen LogP) is 2.89. The SMILES string of the molecule is N#Cc1ccc(-c2cc(NC=O)c(Cl)nn2)cc1Cl. The monoisotopic (exact) mass is 292 g/mol. The van der Waals surface area contributed by atoms with Crippen LogP contribution in [0.2, 0.25) is 10.2 Å². The van der Waals surface area contributed by atoms with Crippen LogP contribution in [0.4, 0.5) is 5.69 Å². The van der Waals surface area contributed by atoms with Crippen LogP contribution >= 0.6 is 23.2 Å². The Bertz CT molecular complexity index is 682. The van der Waals surface area contributed by atoms with E-state index in [0.29, 0.717) is 33.9 Å². The number of amides is 1. The molecule has 0 aliphatic carbocycles. The van der Waals surface area contributed by atoms with Crippen LogP contribution in [0.1, 0.15) is 5.56 Å². The molecule has 0 bridgehead atoms. The molecule has 1 aromatic carbocycles. The van der Waals surface area contributed by atoms with E-state index in [2.05, 4.69) is 15.5 Å². The molecule has 0 atom stereocenters. The Morgan fingerprint density at radius 3 is 2.68 bits per heavy atom. The lowest BCUT2D eigenvalue weighted by Gasteiger charge is -2.05. The van der Waals surface area contributed by atoms with Crippen molar-refractivity contribution in [3.05, 3.63) is 40.0 Å². The summed E-state index contributed by atoms with van der Waals surface area (Å²) in [6.45, 7) is 0. The van der Waals surface area contributed by atoms with Gasteiger partial charge in [0.25, 0.3) is 0 Å². The molecule has 1 heterocycles. The maximum Gasteiger partial charge on any atom is 0.211 e. The first-order valence-electron chi connectivity index (χ1n) is 5.09. The lowest BCUT2D eigenvalue weighted by Crippen LogP contribution is -1.99. The molecular formula is C12H6Cl2N4O. The summed E-state index contributed by atoms with van der Waals surface area (Å²) in [6, 6.07) is 8.41. The number of benzene rings is 1. The Labute approximate surface area is 118 Å². The number of nitrogens with zero attached hydrogens (tertiary/aromatic N) is 3. The van der Waals surface area contributed by atoms with Gasteiger partial charge >= 0.3 is 0 Å². The Balaban J connectivity index is 2.47. The van der Waals surface area contributed by atoms with Crippen molar-refractivity contribution >= 4 is 35.3 Å². The minimum Gasteiger partial charge on any atom is -0.326 e. The third kappa shape index (κ3) is 2.81.